The lowest BCUT2D eigenvalue weighted by molar-refractivity contribution is -0.386. The van der Waals surface area contributed by atoms with E-state index in [4.69, 9.17) is 0 Å². The van der Waals surface area contributed by atoms with Crippen LogP contribution in [0.15, 0.2) is 75.4 Å². The maximum Gasteiger partial charge on any atom is 0.114 e. The van der Waals surface area contributed by atoms with Gasteiger partial charge in [-0.1, -0.05) is 42.5 Å². The van der Waals surface area contributed by atoms with Gasteiger partial charge >= 0.3 is 0 Å². The number of rotatable bonds is 4. The van der Waals surface area contributed by atoms with Crippen LogP contribution in [0.1, 0.15) is 11.1 Å². The predicted octanol–water partition coefficient (Wildman–Crippen LogP) is 2.89. The second-order valence-electron chi connectivity index (χ2n) is 5.63. The van der Waals surface area contributed by atoms with Gasteiger partial charge in [0, 0.05) is 13.5 Å². The Morgan fingerprint density at radius 1 is 1.12 bits per heavy atom. The van der Waals surface area contributed by atoms with E-state index >= 15 is 0 Å². The molecule has 4 rings (SSSR count). The number of anilines is 1. The minimum absolute atomic E-state index is 0.0977. The number of aliphatic imine (C=N–C) groups is 1. The van der Waals surface area contributed by atoms with E-state index in [2.05, 4.69) is 83.7 Å². The Bertz CT molecular complexity index is 862. The lowest BCUT2D eigenvalue weighted by Crippen LogP contribution is -2.47. The number of hydrazine groups is 1. The van der Waals surface area contributed by atoms with Gasteiger partial charge in [-0.15, -0.1) is 0 Å². The number of hydrogen-bond acceptors (Lipinski definition) is 3. The maximum atomic E-state index is 4.48. The number of halogens is 1. The number of nitrogens with one attached hydrogen (secondary N) is 1. The molecule has 0 saturated heterocycles. The first-order valence-electron chi connectivity index (χ1n) is 7.84. The Labute approximate surface area is 151 Å². The van der Waals surface area contributed by atoms with Crippen molar-refractivity contribution in [1.82, 2.24) is 5.43 Å². The first kappa shape index (κ1) is 15.3. The summed E-state index contributed by atoms with van der Waals surface area (Å²) in [5.74, 6) is 0. The number of quaternary nitrogens is 1. The van der Waals surface area contributed by atoms with Crippen molar-refractivity contribution in [1.29, 1.82) is 0 Å². The van der Waals surface area contributed by atoms with Crippen molar-refractivity contribution in [3.63, 3.8) is 0 Å². The number of hydrogen-bond donors (Lipinski definition) is 2. The molecule has 0 spiro atoms. The first-order chi connectivity index (χ1) is 11.8. The fraction of sp³-hybridized carbons (Fsp3) is 0.105. The number of nitrogens with zero attached hydrogens (tertiary/aromatic N) is 2. The van der Waals surface area contributed by atoms with E-state index in [1.165, 1.54) is 11.1 Å². The van der Waals surface area contributed by atoms with Crippen LogP contribution >= 0.6 is 20.7 Å². The van der Waals surface area contributed by atoms with Crippen LogP contribution in [-0.2, 0) is 6.54 Å². The highest BCUT2D eigenvalue weighted by Crippen LogP contribution is 2.31. The summed E-state index contributed by atoms with van der Waals surface area (Å²) in [7, 11) is 0. The van der Waals surface area contributed by atoms with Crippen LogP contribution in [0.2, 0.25) is 0 Å². The van der Waals surface area contributed by atoms with Gasteiger partial charge in [0.1, 0.15) is 6.04 Å². The van der Waals surface area contributed by atoms with Gasteiger partial charge in [-0.05, 0) is 44.5 Å². The van der Waals surface area contributed by atoms with Crippen LogP contribution in [0.5, 0.6) is 0 Å². The van der Waals surface area contributed by atoms with Crippen LogP contribution in [0.3, 0.4) is 0 Å². The molecule has 0 saturated carbocycles. The summed E-state index contributed by atoms with van der Waals surface area (Å²) in [5, 5.41) is 2.18. The molecule has 5 heteroatoms. The third-order valence-electron chi connectivity index (χ3n) is 4.12. The Balaban J connectivity index is 1.69. The van der Waals surface area contributed by atoms with Crippen molar-refractivity contribution in [2.24, 2.45) is 4.99 Å². The molecule has 0 amide bonds. The summed E-state index contributed by atoms with van der Waals surface area (Å²) in [4.78, 5) is 4.48. The minimum Gasteiger partial charge on any atom is -0.354 e. The zero-order chi connectivity index (χ0) is 16.4. The van der Waals surface area contributed by atoms with Crippen LogP contribution < -0.4 is 16.2 Å². The van der Waals surface area contributed by atoms with Crippen molar-refractivity contribution in [3.8, 4) is 0 Å². The van der Waals surface area contributed by atoms with Crippen molar-refractivity contribution < 1.29 is 5.73 Å². The molecule has 0 aliphatic carbocycles. The largest absolute Gasteiger partial charge is 0.354 e. The fourth-order valence-electron chi connectivity index (χ4n) is 2.82. The van der Waals surface area contributed by atoms with E-state index in [-0.39, 0.29) is 26.8 Å². The van der Waals surface area contributed by atoms with Crippen LogP contribution in [-0.4, -0.2) is 9.85 Å². The molecule has 2 aromatic rings. The highest BCUT2D eigenvalue weighted by atomic mass is 127. The van der Waals surface area contributed by atoms with E-state index in [1.54, 1.807) is 0 Å². The van der Waals surface area contributed by atoms with Gasteiger partial charge in [0.25, 0.3) is 0 Å². The van der Waals surface area contributed by atoms with E-state index in [0.29, 0.717) is 0 Å². The molecule has 2 aromatic carbocycles. The van der Waals surface area contributed by atoms with E-state index in [1.807, 2.05) is 6.07 Å². The van der Waals surface area contributed by atoms with Gasteiger partial charge in [0.05, 0.1) is 23.6 Å². The Morgan fingerprint density at radius 2 is 1.92 bits per heavy atom. The van der Waals surface area contributed by atoms with Crippen molar-refractivity contribution in [3.05, 3.63) is 81.6 Å². The fourth-order valence-corrected chi connectivity index (χ4v) is 4.21. The second-order valence-corrected chi connectivity index (χ2v) is 7.36. The summed E-state index contributed by atoms with van der Waals surface area (Å²) in [6, 6.07) is 19.0. The summed E-state index contributed by atoms with van der Waals surface area (Å²) in [5.41, 5.74) is 13.2. The van der Waals surface area contributed by atoms with Crippen molar-refractivity contribution in [2.45, 2.75) is 12.6 Å². The maximum absolute atomic E-state index is 4.48. The van der Waals surface area contributed by atoms with E-state index in [0.717, 1.165) is 23.6 Å². The summed E-state index contributed by atoms with van der Waals surface area (Å²) >= 11 is -0.154. The summed E-state index contributed by atoms with van der Waals surface area (Å²) < 4.78 is 5.39. The second kappa shape index (κ2) is 6.73. The molecule has 0 fully saturated rings. The molecule has 2 aliphatic rings. The minimum atomic E-state index is -0.154. The molecule has 4 N–H and O–H groups in total. The Morgan fingerprint density at radius 3 is 2.58 bits per heavy atom. The third kappa shape index (κ3) is 2.94. The molecule has 0 radical (unpaired) electrons. The highest BCUT2D eigenvalue weighted by Gasteiger charge is 2.29. The third-order valence-corrected chi connectivity index (χ3v) is 5.59. The van der Waals surface area contributed by atoms with Gasteiger partial charge in [0.2, 0.25) is 0 Å². The van der Waals surface area contributed by atoms with Crippen LogP contribution in [0.25, 0.3) is 5.70 Å². The lowest BCUT2D eigenvalue weighted by atomic mass is 10.1. The van der Waals surface area contributed by atoms with Gasteiger partial charge in [-0.25, -0.2) is 4.99 Å². The highest BCUT2D eigenvalue weighted by molar-refractivity contribution is 14.2. The molecule has 4 nitrogen and oxygen atoms in total. The van der Waals surface area contributed by atoms with E-state index < -0.39 is 0 Å². The molecule has 2 heterocycles. The van der Waals surface area contributed by atoms with Crippen molar-refractivity contribution >= 4 is 35.9 Å². The molecule has 2 aliphatic heterocycles. The topological polar surface area (TPSA) is 55.3 Å². The molecule has 0 aromatic heterocycles. The molecular weight excluding hydrogens is 411 g/mol. The predicted molar refractivity (Wildman–Crippen MR) is 106 cm³/mol. The summed E-state index contributed by atoms with van der Waals surface area (Å²) in [6.07, 6.45) is 2.25. The van der Waals surface area contributed by atoms with Crippen molar-refractivity contribution in [2.75, 3.05) is 5.01 Å². The SMILES string of the molecule is [NH3+]Cc1ccc(N2NC(c3ccccc3)=CC2C2=CI=C=N2)cc1. The quantitative estimate of drug-likeness (QED) is 0.735. The Hall–Kier alpha value is -2.21. The Kier molecular flexibility index (Phi) is 4.30. The molecule has 1 unspecified atom stereocenters. The molecule has 0 bridgehead atoms. The number of benzene rings is 2. The smallest absolute Gasteiger partial charge is 0.114 e. The van der Waals surface area contributed by atoms with Gasteiger partial charge in [-0.2, -0.15) is 0 Å². The molecule has 1 atom stereocenters. The monoisotopic (exact) mass is 429 g/mol. The van der Waals surface area contributed by atoms with Crippen LogP contribution in [0.4, 0.5) is 5.69 Å². The first-order valence-corrected chi connectivity index (χ1v) is 10.2. The van der Waals surface area contributed by atoms with E-state index in [9.17, 15) is 0 Å². The molecule has 24 heavy (non-hydrogen) atoms. The lowest BCUT2D eigenvalue weighted by Gasteiger charge is -2.27. The molecular formula is C19H18IN4+. The standard InChI is InChI=1S/C19H17IN4/c21-12-14-6-8-16(9-7-14)24-19(18-11-20-13-22-18)10-17(23-24)15-4-2-1-3-5-15/h1-11,19,23H,12,21H2/p+1. The summed E-state index contributed by atoms with van der Waals surface area (Å²) in [6.45, 7) is 0.805. The zero-order valence-electron chi connectivity index (χ0n) is 13.1. The average Bonchev–Trinajstić information content (AvgIpc) is 3.32. The molecule has 120 valence electrons. The average molecular weight is 429 g/mol. The van der Waals surface area contributed by atoms with Gasteiger partial charge < -0.3 is 5.73 Å². The normalized spacial score (nSPS) is 18.9. The van der Waals surface area contributed by atoms with Crippen LogP contribution in [0, 0.1) is 0 Å². The van der Waals surface area contributed by atoms with Gasteiger partial charge in [0.15, 0.2) is 0 Å². The van der Waals surface area contributed by atoms with Gasteiger partial charge in [-0.3, -0.25) is 10.4 Å². The zero-order valence-corrected chi connectivity index (χ0v) is 15.3.